The third-order valence-electron chi connectivity index (χ3n) is 11.1. The molecule has 4 heterocycles. The Morgan fingerprint density at radius 2 is 1.67 bits per heavy atom. The summed E-state index contributed by atoms with van der Waals surface area (Å²) in [5.41, 5.74) is 4.59. The van der Waals surface area contributed by atoms with Gasteiger partial charge in [-0.3, -0.25) is 4.90 Å². The van der Waals surface area contributed by atoms with E-state index in [1.807, 2.05) is 38.0 Å². The molecule has 6 rings (SSSR count). The summed E-state index contributed by atoms with van der Waals surface area (Å²) in [6.07, 6.45) is 3.20. The molecule has 2 bridgehead atoms. The number of anilines is 1. The second-order valence-corrected chi connectivity index (χ2v) is 22.9. The highest BCUT2D eigenvalue weighted by atomic mass is 32.2. The number of fused-ring (bicyclic) bond motifs is 4. The molecule has 2 saturated heterocycles. The summed E-state index contributed by atoms with van der Waals surface area (Å²) in [6.45, 7) is 19.9. The Bertz CT molecular complexity index is 2190. The lowest BCUT2D eigenvalue weighted by Gasteiger charge is -2.41. The molecule has 294 valence electrons. The van der Waals surface area contributed by atoms with Gasteiger partial charge >= 0.3 is 11.7 Å². The molecule has 13 heteroatoms. The van der Waals surface area contributed by atoms with Gasteiger partial charge in [-0.25, -0.2) is 23.9 Å². The molecule has 4 aromatic rings. The molecule has 0 aliphatic carbocycles. The molecule has 1 amide bonds. The second-order valence-electron chi connectivity index (χ2n) is 16.6. The Morgan fingerprint density at radius 1 is 1.02 bits per heavy atom. The van der Waals surface area contributed by atoms with Crippen LogP contribution in [0.4, 0.5) is 15.0 Å². The number of nitrogens with zero attached hydrogens (tertiary/aromatic N) is 4. The molecule has 55 heavy (non-hydrogen) atoms. The molecule has 10 nitrogen and oxygen atoms in total. The summed E-state index contributed by atoms with van der Waals surface area (Å²) in [5, 5.41) is 1.93. The first-order valence-electron chi connectivity index (χ1n) is 19.1. The average molecular weight is 789 g/mol. The van der Waals surface area contributed by atoms with E-state index < -0.39 is 25.1 Å². The van der Waals surface area contributed by atoms with Crippen LogP contribution in [0.5, 0.6) is 5.75 Å². The molecule has 0 saturated carbocycles. The minimum Gasteiger partial charge on any atom is -0.468 e. The zero-order valence-corrected chi connectivity index (χ0v) is 35.7. The van der Waals surface area contributed by atoms with Gasteiger partial charge in [0.2, 0.25) is 0 Å². The van der Waals surface area contributed by atoms with Crippen LogP contribution in [0.25, 0.3) is 33.0 Å². The van der Waals surface area contributed by atoms with Crippen molar-refractivity contribution in [2.45, 2.75) is 115 Å². The first-order valence-corrected chi connectivity index (χ1v) is 22.5. The fourth-order valence-electron chi connectivity index (χ4n) is 8.74. The summed E-state index contributed by atoms with van der Waals surface area (Å²) in [6, 6.07) is 8.20. The lowest BCUT2D eigenvalue weighted by molar-refractivity contribution is 0.0122. The maximum Gasteiger partial charge on any atom is 0.410 e. The van der Waals surface area contributed by atoms with Crippen LogP contribution >= 0.6 is 11.8 Å². The largest absolute Gasteiger partial charge is 0.468 e. The highest BCUT2D eigenvalue weighted by Crippen LogP contribution is 2.42. The summed E-state index contributed by atoms with van der Waals surface area (Å²) in [7, 11) is -0.714. The molecule has 2 aliphatic heterocycles. The van der Waals surface area contributed by atoms with Crippen LogP contribution in [-0.4, -0.2) is 80.0 Å². The van der Waals surface area contributed by atoms with E-state index in [-0.39, 0.29) is 41.7 Å². The Labute approximate surface area is 328 Å². The molecule has 0 N–H and O–H groups in total. The van der Waals surface area contributed by atoms with Gasteiger partial charge in [0, 0.05) is 37.2 Å². The normalized spacial score (nSPS) is 17.4. The van der Waals surface area contributed by atoms with Crippen LogP contribution in [0.2, 0.25) is 16.6 Å². The standard InChI is InChI=1S/C42H53FN4O6SSi/c1-24(2)55(25(3)4,26(5)6)17-16-31-33(43)15-12-27-18-30(51-23-50-10)19-32(36(27)31)35-20-34-37(39(48)52-35)38(45-40(44-34)54-11)46-21-28-13-14-29(22-46)47(28)41(49)53-42(7,8)9/h12,15,18-20,24-26,28-29H,13-14,21-23H2,1-11H3. The van der Waals surface area contributed by atoms with Crippen LogP contribution < -0.4 is 15.3 Å². The van der Waals surface area contributed by atoms with E-state index in [1.165, 1.54) is 24.9 Å². The van der Waals surface area contributed by atoms with E-state index >= 15 is 4.39 Å². The van der Waals surface area contributed by atoms with Gasteiger partial charge in [0.15, 0.2) is 11.9 Å². The predicted molar refractivity (Wildman–Crippen MR) is 220 cm³/mol. The summed E-state index contributed by atoms with van der Waals surface area (Å²) in [5.74, 6) is 4.02. The first kappa shape index (κ1) is 40.5. The molecule has 2 aliphatic rings. The molecule has 2 fully saturated rings. The van der Waals surface area contributed by atoms with Gasteiger partial charge < -0.3 is 23.5 Å². The van der Waals surface area contributed by atoms with E-state index in [4.69, 9.17) is 28.6 Å². The number of ether oxygens (including phenoxy) is 3. The SMILES string of the molecule is COCOc1cc(-c2cc3nc(SC)nc(N4CC5CCC(C4)N5C(=O)OC(C)(C)C)c3c(=O)o2)c2c(C#C[Si](C(C)C)(C(C)C)C(C)C)c(F)ccc2c1. The van der Waals surface area contributed by atoms with Crippen molar-refractivity contribution in [2.75, 3.05) is 38.1 Å². The lowest BCUT2D eigenvalue weighted by Crippen LogP contribution is -2.57. The molecular weight excluding hydrogens is 736 g/mol. The number of carbonyl (C=O) groups excluding carboxylic acids is 1. The topological polar surface area (TPSA) is 107 Å². The number of hydrogen-bond donors (Lipinski definition) is 0. The minimum atomic E-state index is -2.25. The van der Waals surface area contributed by atoms with Gasteiger partial charge in [-0.1, -0.05) is 65.3 Å². The Kier molecular flexibility index (Phi) is 11.6. The summed E-state index contributed by atoms with van der Waals surface area (Å²) >= 11 is 1.37. The van der Waals surface area contributed by atoms with Crippen molar-refractivity contribution in [3.63, 3.8) is 0 Å². The Balaban J connectivity index is 1.52. The van der Waals surface area contributed by atoms with Gasteiger partial charge in [-0.2, -0.15) is 0 Å². The number of piperazine rings is 1. The summed E-state index contributed by atoms with van der Waals surface area (Å²) in [4.78, 5) is 41.0. The number of aromatic nitrogens is 2. The fourth-order valence-corrected chi connectivity index (χ4v) is 14.3. The second kappa shape index (κ2) is 15.8. The van der Waals surface area contributed by atoms with Crippen LogP contribution in [0.1, 0.15) is 80.7 Å². The Hall–Kier alpha value is -4.12. The number of hydrogen-bond acceptors (Lipinski definition) is 10. The van der Waals surface area contributed by atoms with E-state index in [9.17, 15) is 9.59 Å². The molecule has 0 spiro atoms. The zero-order valence-electron chi connectivity index (χ0n) is 33.8. The van der Waals surface area contributed by atoms with Crippen LogP contribution in [0.15, 0.2) is 44.7 Å². The molecule has 2 aromatic carbocycles. The van der Waals surface area contributed by atoms with Gasteiger partial charge in [0.05, 0.1) is 23.2 Å². The minimum absolute atomic E-state index is 0.0113. The smallest absolute Gasteiger partial charge is 0.410 e. The first-order chi connectivity index (χ1) is 26.0. The maximum absolute atomic E-state index is 16.1. The quantitative estimate of drug-likeness (QED) is 0.0536. The number of thioether (sulfide) groups is 1. The average Bonchev–Trinajstić information content (AvgIpc) is 3.38. The van der Waals surface area contributed by atoms with Crippen LogP contribution in [-0.2, 0) is 9.47 Å². The summed E-state index contributed by atoms with van der Waals surface area (Å²) < 4.78 is 39.1. The monoisotopic (exact) mass is 788 g/mol. The van der Waals surface area contributed by atoms with Gasteiger partial charge in [0.1, 0.15) is 42.2 Å². The highest BCUT2D eigenvalue weighted by molar-refractivity contribution is 7.98. The highest BCUT2D eigenvalue weighted by Gasteiger charge is 2.45. The van der Waals surface area contributed by atoms with Crippen LogP contribution in [0, 0.1) is 17.3 Å². The number of benzene rings is 2. The van der Waals surface area contributed by atoms with Crippen molar-refractivity contribution < 1.29 is 27.8 Å². The number of rotatable bonds is 9. The number of amides is 1. The van der Waals surface area contributed by atoms with Crippen LogP contribution in [0.3, 0.4) is 0 Å². The van der Waals surface area contributed by atoms with Crippen molar-refractivity contribution in [3.05, 3.63) is 52.1 Å². The van der Waals surface area contributed by atoms with Gasteiger partial charge in [-0.05, 0) is 80.1 Å². The maximum atomic E-state index is 16.1. The molecule has 2 aromatic heterocycles. The van der Waals surface area contributed by atoms with Crippen molar-refractivity contribution >= 4 is 53.4 Å². The van der Waals surface area contributed by atoms with E-state index in [2.05, 4.69) is 57.9 Å². The van der Waals surface area contributed by atoms with Crippen molar-refractivity contribution in [2.24, 2.45) is 0 Å². The van der Waals surface area contributed by atoms with Crippen molar-refractivity contribution in [1.29, 1.82) is 0 Å². The number of halogens is 1. The van der Waals surface area contributed by atoms with E-state index in [0.717, 1.165) is 12.8 Å². The molecule has 2 atom stereocenters. The fraction of sp³-hybridized carbons (Fsp3) is 0.524. The lowest BCUT2D eigenvalue weighted by atomic mass is 9.96. The predicted octanol–water partition coefficient (Wildman–Crippen LogP) is 9.40. The van der Waals surface area contributed by atoms with Gasteiger partial charge in [0.25, 0.3) is 0 Å². The number of carbonyl (C=O) groups is 1. The molecule has 2 unspecified atom stereocenters. The Morgan fingerprint density at radius 3 is 2.25 bits per heavy atom. The number of methoxy groups -OCH3 is 1. The third kappa shape index (κ3) is 7.82. The van der Waals surface area contributed by atoms with E-state index in [0.29, 0.717) is 68.3 Å². The zero-order chi connectivity index (χ0) is 40.0. The van der Waals surface area contributed by atoms with Crippen molar-refractivity contribution in [1.82, 2.24) is 14.9 Å². The van der Waals surface area contributed by atoms with Crippen molar-refractivity contribution in [3.8, 4) is 28.5 Å². The van der Waals surface area contributed by atoms with E-state index in [1.54, 1.807) is 18.2 Å². The molecule has 0 radical (unpaired) electrons. The third-order valence-corrected chi connectivity index (χ3v) is 17.9. The van der Waals surface area contributed by atoms with Gasteiger partial charge in [-0.15, -0.1) is 5.54 Å². The molecular formula is C42H53FN4O6SSi.